The van der Waals surface area contributed by atoms with E-state index >= 15 is 0 Å². The predicted octanol–water partition coefficient (Wildman–Crippen LogP) is 2.04. The minimum Gasteiger partial charge on any atom is -0.476 e. The quantitative estimate of drug-likeness (QED) is 0.818. The molecule has 0 bridgehead atoms. The van der Waals surface area contributed by atoms with E-state index in [0.717, 1.165) is 18.0 Å². The Morgan fingerprint density at radius 2 is 2.22 bits per heavy atom. The summed E-state index contributed by atoms with van der Waals surface area (Å²) in [7, 11) is 2.00. The number of nitrogens with two attached hydrogens (primary N) is 1. The molecule has 1 heterocycles. The lowest BCUT2D eigenvalue weighted by Gasteiger charge is -2.27. The van der Waals surface area contributed by atoms with E-state index in [4.69, 9.17) is 10.5 Å². The second kappa shape index (κ2) is 7.31. The van der Waals surface area contributed by atoms with Crippen LogP contribution in [0.25, 0.3) is 0 Å². The van der Waals surface area contributed by atoms with E-state index in [9.17, 15) is 0 Å². The van der Waals surface area contributed by atoms with Gasteiger partial charge in [0.2, 0.25) is 5.88 Å². The highest BCUT2D eigenvalue weighted by atomic mass is 32.2. The molecule has 1 unspecified atom stereocenters. The van der Waals surface area contributed by atoms with Gasteiger partial charge in [0.1, 0.15) is 12.0 Å². The summed E-state index contributed by atoms with van der Waals surface area (Å²) < 4.78 is 5.38. The van der Waals surface area contributed by atoms with Crippen LogP contribution >= 0.6 is 11.8 Å². The molecule has 0 aromatic carbocycles. The molecule has 0 fully saturated rings. The van der Waals surface area contributed by atoms with Crippen molar-refractivity contribution in [3.05, 3.63) is 6.33 Å². The van der Waals surface area contributed by atoms with Crippen molar-refractivity contribution < 1.29 is 4.74 Å². The Morgan fingerprint density at radius 1 is 1.50 bits per heavy atom. The van der Waals surface area contributed by atoms with Crippen molar-refractivity contribution >= 4 is 23.3 Å². The van der Waals surface area contributed by atoms with Crippen LogP contribution < -0.4 is 15.4 Å². The van der Waals surface area contributed by atoms with Gasteiger partial charge < -0.3 is 15.4 Å². The minimum atomic E-state index is 0.379. The smallest absolute Gasteiger partial charge is 0.242 e. The fourth-order valence-electron chi connectivity index (χ4n) is 1.59. The molecule has 0 radical (unpaired) electrons. The largest absolute Gasteiger partial charge is 0.476 e. The lowest BCUT2D eigenvalue weighted by atomic mass is 10.2. The van der Waals surface area contributed by atoms with E-state index in [1.54, 1.807) is 0 Å². The van der Waals surface area contributed by atoms with Crippen LogP contribution in [0.15, 0.2) is 6.33 Å². The second-order valence-corrected chi connectivity index (χ2v) is 5.08. The number of nitrogen functional groups attached to an aromatic ring is 1. The maximum absolute atomic E-state index is 6.04. The molecule has 1 aromatic heterocycles. The molecule has 0 amide bonds. The molecule has 0 aliphatic heterocycles. The normalized spacial score (nSPS) is 12.2. The van der Waals surface area contributed by atoms with Gasteiger partial charge in [-0.05, 0) is 32.3 Å². The molecular formula is C12H22N4OS. The topological polar surface area (TPSA) is 64.3 Å². The highest BCUT2D eigenvalue weighted by molar-refractivity contribution is 7.98. The molecule has 0 saturated heterocycles. The van der Waals surface area contributed by atoms with E-state index < -0.39 is 0 Å². The number of hydrogen-bond acceptors (Lipinski definition) is 6. The lowest BCUT2D eigenvalue weighted by molar-refractivity contribution is 0.328. The molecule has 102 valence electrons. The van der Waals surface area contributed by atoms with Crippen molar-refractivity contribution in [1.29, 1.82) is 0 Å². The lowest BCUT2D eigenvalue weighted by Crippen LogP contribution is -2.31. The first-order valence-corrected chi connectivity index (χ1v) is 7.46. The van der Waals surface area contributed by atoms with Crippen LogP contribution in [0.1, 0.15) is 20.3 Å². The van der Waals surface area contributed by atoms with Crippen LogP contribution in [0.4, 0.5) is 11.5 Å². The third-order valence-electron chi connectivity index (χ3n) is 2.84. The molecule has 0 aliphatic rings. The fourth-order valence-corrected chi connectivity index (χ4v) is 2.17. The van der Waals surface area contributed by atoms with Crippen LogP contribution in [0.3, 0.4) is 0 Å². The van der Waals surface area contributed by atoms with Gasteiger partial charge in [-0.25, -0.2) is 4.98 Å². The van der Waals surface area contributed by atoms with Crippen LogP contribution in [-0.4, -0.2) is 41.7 Å². The Morgan fingerprint density at radius 3 is 2.83 bits per heavy atom. The van der Waals surface area contributed by atoms with Crippen molar-refractivity contribution in [2.75, 3.05) is 36.3 Å². The first-order chi connectivity index (χ1) is 8.61. The fraction of sp³-hybridized carbons (Fsp3) is 0.667. The highest BCUT2D eigenvalue weighted by Gasteiger charge is 2.17. The Hall–Kier alpha value is -1.17. The first-order valence-electron chi connectivity index (χ1n) is 6.06. The average Bonchev–Trinajstić information content (AvgIpc) is 2.38. The molecule has 6 heteroatoms. The number of nitrogens with zero attached hydrogens (tertiary/aromatic N) is 3. The Labute approximate surface area is 113 Å². The van der Waals surface area contributed by atoms with Crippen molar-refractivity contribution in [2.45, 2.75) is 26.3 Å². The second-order valence-electron chi connectivity index (χ2n) is 4.09. The summed E-state index contributed by atoms with van der Waals surface area (Å²) >= 11 is 1.84. The summed E-state index contributed by atoms with van der Waals surface area (Å²) in [5.74, 6) is 2.32. The van der Waals surface area contributed by atoms with E-state index in [1.807, 2.05) is 25.7 Å². The molecule has 2 N–H and O–H groups in total. The van der Waals surface area contributed by atoms with Gasteiger partial charge in [-0.1, -0.05) is 0 Å². The molecule has 1 aromatic rings. The standard InChI is InChI=1S/C12H22N4OS/c1-5-17-12-10(13)11(14-8-15-12)16(3)9(2)6-7-18-4/h8-9H,5-7,13H2,1-4H3. The average molecular weight is 270 g/mol. The van der Waals surface area contributed by atoms with Gasteiger partial charge in [-0.15, -0.1) is 0 Å². The number of anilines is 2. The van der Waals surface area contributed by atoms with Crippen molar-refractivity contribution in [3.63, 3.8) is 0 Å². The summed E-state index contributed by atoms with van der Waals surface area (Å²) in [6.45, 7) is 4.62. The van der Waals surface area contributed by atoms with E-state index in [-0.39, 0.29) is 0 Å². The van der Waals surface area contributed by atoms with Crippen LogP contribution in [0.5, 0.6) is 5.88 Å². The Bertz CT molecular complexity index is 375. The third kappa shape index (κ3) is 3.66. The number of aromatic nitrogens is 2. The first kappa shape index (κ1) is 14.9. The van der Waals surface area contributed by atoms with Crippen molar-refractivity contribution in [1.82, 2.24) is 9.97 Å². The zero-order valence-electron chi connectivity index (χ0n) is 11.5. The molecule has 0 spiro atoms. The maximum Gasteiger partial charge on any atom is 0.242 e. The number of thioether (sulfide) groups is 1. The zero-order chi connectivity index (χ0) is 13.5. The van der Waals surface area contributed by atoms with Gasteiger partial charge >= 0.3 is 0 Å². The highest BCUT2D eigenvalue weighted by Crippen LogP contribution is 2.28. The molecular weight excluding hydrogens is 248 g/mol. The summed E-state index contributed by atoms with van der Waals surface area (Å²) in [6, 6.07) is 0.379. The van der Waals surface area contributed by atoms with Gasteiger partial charge in [-0.2, -0.15) is 16.7 Å². The minimum absolute atomic E-state index is 0.379. The Balaban J connectivity index is 2.84. The SMILES string of the molecule is CCOc1ncnc(N(C)C(C)CCSC)c1N. The van der Waals surface area contributed by atoms with Gasteiger partial charge in [0.15, 0.2) is 5.82 Å². The third-order valence-corrected chi connectivity index (χ3v) is 3.49. The molecule has 18 heavy (non-hydrogen) atoms. The number of rotatable bonds is 7. The van der Waals surface area contributed by atoms with Gasteiger partial charge in [0.05, 0.1) is 6.61 Å². The number of hydrogen-bond donors (Lipinski definition) is 1. The molecule has 5 nitrogen and oxygen atoms in total. The zero-order valence-corrected chi connectivity index (χ0v) is 12.3. The van der Waals surface area contributed by atoms with Gasteiger partial charge in [0.25, 0.3) is 0 Å². The monoisotopic (exact) mass is 270 g/mol. The summed E-state index contributed by atoms with van der Waals surface area (Å²) in [6.07, 6.45) is 4.69. The van der Waals surface area contributed by atoms with Gasteiger partial charge in [0, 0.05) is 13.1 Å². The summed E-state index contributed by atoms with van der Waals surface area (Å²) in [5, 5.41) is 0. The van der Waals surface area contributed by atoms with E-state index in [1.165, 1.54) is 6.33 Å². The van der Waals surface area contributed by atoms with Crippen LogP contribution in [0.2, 0.25) is 0 Å². The molecule has 1 rings (SSSR count). The molecule has 0 aliphatic carbocycles. The summed E-state index contributed by atoms with van der Waals surface area (Å²) in [5.41, 5.74) is 6.55. The van der Waals surface area contributed by atoms with Crippen molar-refractivity contribution in [3.8, 4) is 5.88 Å². The van der Waals surface area contributed by atoms with Gasteiger partial charge in [-0.3, -0.25) is 0 Å². The van der Waals surface area contributed by atoms with Crippen LogP contribution in [0, 0.1) is 0 Å². The summed E-state index contributed by atoms with van der Waals surface area (Å²) in [4.78, 5) is 10.4. The number of ether oxygens (including phenoxy) is 1. The Kier molecular flexibility index (Phi) is 6.04. The molecule has 0 saturated carbocycles. The van der Waals surface area contributed by atoms with E-state index in [2.05, 4.69) is 28.0 Å². The maximum atomic E-state index is 6.04. The predicted molar refractivity (Wildman–Crippen MR) is 78.5 cm³/mol. The molecule has 1 atom stereocenters. The van der Waals surface area contributed by atoms with Crippen molar-refractivity contribution in [2.24, 2.45) is 0 Å². The van der Waals surface area contributed by atoms with E-state index in [0.29, 0.717) is 24.2 Å². The van der Waals surface area contributed by atoms with Crippen LogP contribution in [-0.2, 0) is 0 Å².